The molecular formula is C17H15N3O4. The zero-order chi connectivity index (χ0) is 16.5. The highest BCUT2D eigenvalue weighted by atomic mass is 16.6. The number of pyridine rings is 1. The van der Waals surface area contributed by atoms with Crippen molar-refractivity contribution in [3.05, 3.63) is 54.0 Å². The molecular weight excluding hydrogens is 310 g/mol. The van der Waals surface area contributed by atoms with Crippen molar-refractivity contribution in [2.45, 2.75) is 6.54 Å². The number of carbonyl (C=O) groups is 1. The molecule has 1 aliphatic rings. The molecule has 0 aliphatic carbocycles. The Balaban J connectivity index is 1.61. The van der Waals surface area contributed by atoms with E-state index >= 15 is 0 Å². The van der Waals surface area contributed by atoms with Crippen LogP contribution in [0.15, 0.2) is 42.7 Å². The van der Waals surface area contributed by atoms with Crippen molar-refractivity contribution in [2.75, 3.05) is 18.5 Å². The van der Waals surface area contributed by atoms with Crippen LogP contribution in [0.5, 0.6) is 11.5 Å². The summed E-state index contributed by atoms with van der Waals surface area (Å²) in [5, 5.41) is 12.7. The van der Waals surface area contributed by atoms with Crippen molar-refractivity contribution < 1.29 is 19.4 Å². The third kappa shape index (κ3) is 2.50. The number of aromatic nitrogens is 2. The van der Waals surface area contributed by atoms with Gasteiger partial charge in [0.15, 0.2) is 17.2 Å². The van der Waals surface area contributed by atoms with E-state index in [0.29, 0.717) is 36.8 Å². The molecule has 2 N–H and O–H groups in total. The Morgan fingerprint density at radius 3 is 2.88 bits per heavy atom. The molecule has 0 bridgehead atoms. The molecule has 2 aromatic heterocycles. The van der Waals surface area contributed by atoms with Crippen LogP contribution in [0.2, 0.25) is 0 Å². The number of nitrogens with zero attached hydrogens (tertiary/aromatic N) is 2. The quantitative estimate of drug-likeness (QED) is 0.766. The maximum atomic E-state index is 11.6. The van der Waals surface area contributed by atoms with E-state index < -0.39 is 5.97 Å². The molecule has 7 nitrogen and oxygen atoms in total. The number of rotatable bonds is 4. The highest BCUT2D eigenvalue weighted by molar-refractivity contribution is 5.93. The van der Waals surface area contributed by atoms with Gasteiger partial charge in [-0.2, -0.15) is 0 Å². The number of fused-ring (bicyclic) bond motifs is 2. The fraction of sp³-hybridized carbons (Fsp3) is 0.176. The van der Waals surface area contributed by atoms with Gasteiger partial charge in [0.25, 0.3) is 0 Å². The van der Waals surface area contributed by atoms with Gasteiger partial charge in [0.05, 0.1) is 5.69 Å². The van der Waals surface area contributed by atoms with Gasteiger partial charge >= 0.3 is 5.97 Å². The molecule has 0 radical (unpaired) electrons. The lowest BCUT2D eigenvalue weighted by Gasteiger charge is -2.19. The summed E-state index contributed by atoms with van der Waals surface area (Å²) in [4.78, 5) is 15.7. The topological polar surface area (TPSA) is 85.1 Å². The highest BCUT2D eigenvalue weighted by Crippen LogP contribution is 2.31. The van der Waals surface area contributed by atoms with Crippen LogP contribution >= 0.6 is 0 Å². The summed E-state index contributed by atoms with van der Waals surface area (Å²) in [6, 6.07) is 9.19. The van der Waals surface area contributed by atoms with Crippen LogP contribution in [0.3, 0.4) is 0 Å². The standard InChI is InChI=1S/C17H15N3O4/c21-17(22)16-12(2-4-15-18-5-6-20(15)16)19-10-11-1-3-13-14(9-11)24-8-7-23-13/h1-6,9,19H,7-8,10H2,(H,21,22). The van der Waals surface area contributed by atoms with Crippen molar-refractivity contribution in [1.29, 1.82) is 0 Å². The van der Waals surface area contributed by atoms with Gasteiger partial charge in [-0.25, -0.2) is 9.78 Å². The number of ether oxygens (including phenoxy) is 2. The van der Waals surface area contributed by atoms with Gasteiger partial charge in [0, 0.05) is 18.9 Å². The Morgan fingerprint density at radius 1 is 1.21 bits per heavy atom. The van der Waals surface area contributed by atoms with Crippen molar-refractivity contribution in [3.8, 4) is 11.5 Å². The molecule has 0 amide bonds. The van der Waals surface area contributed by atoms with E-state index in [1.54, 1.807) is 28.9 Å². The lowest BCUT2D eigenvalue weighted by Crippen LogP contribution is -2.15. The third-order valence-electron chi connectivity index (χ3n) is 3.86. The van der Waals surface area contributed by atoms with Crippen LogP contribution < -0.4 is 14.8 Å². The van der Waals surface area contributed by atoms with E-state index in [9.17, 15) is 9.90 Å². The minimum atomic E-state index is -1.01. The van der Waals surface area contributed by atoms with Crippen LogP contribution in [0.1, 0.15) is 16.1 Å². The molecule has 0 fully saturated rings. The van der Waals surface area contributed by atoms with E-state index in [0.717, 1.165) is 11.3 Å². The van der Waals surface area contributed by atoms with Gasteiger partial charge in [-0.3, -0.25) is 4.40 Å². The first-order valence-corrected chi connectivity index (χ1v) is 7.54. The van der Waals surface area contributed by atoms with Crippen molar-refractivity contribution in [3.63, 3.8) is 0 Å². The summed E-state index contributed by atoms with van der Waals surface area (Å²) in [7, 11) is 0. The SMILES string of the molecule is O=C(O)c1c(NCc2ccc3c(c2)OCCO3)ccc2nccn12. The van der Waals surface area contributed by atoms with Gasteiger partial charge in [0.1, 0.15) is 18.9 Å². The molecule has 3 heterocycles. The molecule has 0 unspecified atom stereocenters. The number of anilines is 1. The Kier molecular flexibility index (Phi) is 3.45. The normalized spacial score (nSPS) is 13.0. The van der Waals surface area contributed by atoms with E-state index in [1.165, 1.54) is 0 Å². The summed E-state index contributed by atoms with van der Waals surface area (Å²) in [5.41, 5.74) is 2.25. The number of carboxylic acid groups (broad SMARTS) is 1. The number of hydrogen-bond acceptors (Lipinski definition) is 5. The summed E-state index contributed by atoms with van der Waals surface area (Å²) in [6.07, 6.45) is 3.21. The predicted octanol–water partition coefficient (Wildman–Crippen LogP) is 2.42. The van der Waals surface area contributed by atoms with Gasteiger partial charge in [-0.05, 0) is 29.8 Å². The molecule has 24 heavy (non-hydrogen) atoms. The highest BCUT2D eigenvalue weighted by Gasteiger charge is 2.16. The minimum Gasteiger partial charge on any atom is -0.486 e. The molecule has 0 saturated heterocycles. The van der Waals surface area contributed by atoms with Crippen LogP contribution in [-0.2, 0) is 6.54 Å². The summed E-state index contributed by atoms with van der Waals surface area (Å²) < 4.78 is 12.6. The number of nitrogens with one attached hydrogen (secondary N) is 1. The van der Waals surface area contributed by atoms with E-state index in [-0.39, 0.29) is 5.69 Å². The fourth-order valence-electron chi connectivity index (χ4n) is 2.75. The van der Waals surface area contributed by atoms with Crippen LogP contribution in [0.25, 0.3) is 5.65 Å². The molecule has 122 valence electrons. The smallest absolute Gasteiger partial charge is 0.355 e. The van der Waals surface area contributed by atoms with E-state index in [2.05, 4.69) is 10.3 Å². The molecule has 0 spiro atoms. The first-order chi connectivity index (χ1) is 11.7. The molecule has 4 rings (SSSR count). The lowest BCUT2D eigenvalue weighted by atomic mass is 10.2. The second kappa shape index (κ2) is 5.77. The first-order valence-electron chi connectivity index (χ1n) is 7.54. The maximum Gasteiger partial charge on any atom is 0.355 e. The van der Waals surface area contributed by atoms with Crippen LogP contribution in [0.4, 0.5) is 5.69 Å². The maximum absolute atomic E-state index is 11.6. The Morgan fingerprint density at radius 2 is 2.04 bits per heavy atom. The second-order valence-corrected chi connectivity index (χ2v) is 5.39. The van der Waals surface area contributed by atoms with E-state index in [1.807, 2.05) is 18.2 Å². The van der Waals surface area contributed by atoms with Gasteiger partial charge in [-0.15, -0.1) is 0 Å². The zero-order valence-electron chi connectivity index (χ0n) is 12.7. The second-order valence-electron chi connectivity index (χ2n) is 5.39. The first kappa shape index (κ1) is 14.4. The minimum absolute atomic E-state index is 0.155. The summed E-state index contributed by atoms with van der Waals surface area (Å²) in [6.45, 7) is 1.55. The van der Waals surface area contributed by atoms with Crippen molar-refractivity contribution >= 4 is 17.3 Å². The number of hydrogen-bond donors (Lipinski definition) is 2. The summed E-state index contributed by atoms with van der Waals surface area (Å²) >= 11 is 0. The van der Waals surface area contributed by atoms with Crippen molar-refractivity contribution in [1.82, 2.24) is 9.38 Å². The average molecular weight is 325 g/mol. The fourth-order valence-corrected chi connectivity index (χ4v) is 2.75. The third-order valence-corrected chi connectivity index (χ3v) is 3.86. The summed E-state index contributed by atoms with van der Waals surface area (Å²) in [5.74, 6) is 0.434. The van der Waals surface area contributed by atoms with Crippen LogP contribution in [-0.4, -0.2) is 33.7 Å². The van der Waals surface area contributed by atoms with Gasteiger partial charge < -0.3 is 19.9 Å². The molecule has 3 aromatic rings. The molecule has 0 atom stereocenters. The van der Waals surface area contributed by atoms with Gasteiger partial charge in [-0.1, -0.05) is 6.07 Å². The number of aromatic carboxylic acids is 1. The Labute approximate surface area is 137 Å². The van der Waals surface area contributed by atoms with Crippen molar-refractivity contribution in [2.24, 2.45) is 0 Å². The molecule has 1 aromatic carbocycles. The van der Waals surface area contributed by atoms with Crippen LogP contribution in [0, 0.1) is 0 Å². The molecule has 1 aliphatic heterocycles. The number of imidazole rings is 1. The Hall–Kier alpha value is -3.22. The molecule has 7 heteroatoms. The predicted molar refractivity (Wildman–Crippen MR) is 86.9 cm³/mol. The van der Waals surface area contributed by atoms with E-state index in [4.69, 9.17) is 9.47 Å². The molecule has 0 saturated carbocycles. The number of carboxylic acids is 1. The Bertz CT molecular complexity index is 919. The monoisotopic (exact) mass is 325 g/mol. The lowest BCUT2D eigenvalue weighted by molar-refractivity contribution is 0.0690. The largest absolute Gasteiger partial charge is 0.486 e. The van der Waals surface area contributed by atoms with Gasteiger partial charge in [0.2, 0.25) is 0 Å². The zero-order valence-corrected chi connectivity index (χ0v) is 12.7. The number of benzene rings is 1. The average Bonchev–Trinajstić information content (AvgIpc) is 3.07.